The summed E-state index contributed by atoms with van der Waals surface area (Å²) in [6.45, 7) is 5.57. The zero-order valence-electron chi connectivity index (χ0n) is 12.3. The van der Waals surface area contributed by atoms with E-state index in [1.807, 2.05) is 20.8 Å². The number of methoxy groups -OCH3 is 1. The van der Waals surface area contributed by atoms with E-state index in [0.29, 0.717) is 23.5 Å². The monoisotopic (exact) mass is 280 g/mol. The van der Waals surface area contributed by atoms with Crippen LogP contribution in [0.25, 0.3) is 0 Å². The van der Waals surface area contributed by atoms with E-state index >= 15 is 0 Å². The Morgan fingerprint density at radius 1 is 1.40 bits per heavy atom. The van der Waals surface area contributed by atoms with Gasteiger partial charge in [0.25, 0.3) is 0 Å². The van der Waals surface area contributed by atoms with Gasteiger partial charge in [0.1, 0.15) is 17.1 Å². The summed E-state index contributed by atoms with van der Waals surface area (Å²) >= 11 is 0. The van der Waals surface area contributed by atoms with Crippen molar-refractivity contribution in [2.75, 3.05) is 20.5 Å². The topological polar surface area (TPSA) is 65.0 Å². The van der Waals surface area contributed by atoms with Gasteiger partial charge in [-0.2, -0.15) is 0 Å². The number of fused-ring (bicyclic) bond motifs is 1. The summed E-state index contributed by atoms with van der Waals surface area (Å²) in [6.07, 6.45) is 1.36. The van der Waals surface area contributed by atoms with Crippen LogP contribution in [0.3, 0.4) is 0 Å². The molecule has 20 heavy (non-hydrogen) atoms. The van der Waals surface area contributed by atoms with Crippen LogP contribution < -0.4 is 9.47 Å². The van der Waals surface area contributed by atoms with Crippen LogP contribution >= 0.6 is 0 Å². The average molecular weight is 280 g/mol. The van der Waals surface area contributed by atoms with Gasteiger partial charge in [0.2, 0.25) is 0 Å². The molecule has 2 rings (SSSR count). The van der Waals surface area contributed by atoms with Crippen molar-refractivity contribution in [1.29, 1.82) is 0 Å². The van der Waals surface area contributed by atoms with Crippen molar-refractivity contribution in [2.24, 2.45) is 0 Å². The summed E-state index contributed by atoms with van der Waals surface area (Å²) in [5.74, 6) is 1.22. The molecule has 0 amide bonds. The van der Waals surface area contributed by atoms with Crippen molar-refractivity contribution in [3.8, 4) is 11.5 Å². The number of carbonyl (C=O) groups excluding carboxylic acids is 1. The predicted octanol–water partition coefficient (Wildman–Crippen LogP) is 1.78. The highest BCUT2D eigenvalue weighted by Crippen LogP contribution is 2.45. The number of benzene rings is 1. The molecule has 1 aliphatic heterocycles. The third-order valence-electron chi connectivity index (χ3n) is 3.73. The van der Waals surface area contributed by atoms with E-state index in [1.54, 1.807) is 0 Å². The van der Waals surface area contributed by atoms with Gasteiger partial charge in [-0.15, -0.1) is 0 Å². The number of carbonyl (C=O) groups is 1. The zero-order chi connectivity index (χ0) is 14.9. The molecule has 0 saturated carbocycles. The van der Waals surface area contributed by atoms with Gasteiger partial charge in [-0.3, -0.25) is 4.79 Å². The van der Waals surface area contributed by atoms with Crippen LogP contribution in [0.4, 0.5) is 0 Å². The molecule has 0 spiro atoms. The summed E-state index contributed by atoms with van der Waals surface area (Å²) in [7, 11) is 1.53. The molecule has 1 aliphatic rings. The van der Waals surface area contributed by atoms with Crippen LogP contribution in [0.5, 0.6) is 11.5 Å². The van der Waals surface area contributed by atoms with E-state index < -0.39 is 5.60 Å². The van der Waals surface area contributed by atoms with Crippen molar-refractivity contribution in [3.05, 3.63) is 22.3 Å². The fourth-order valence-electron chi connectivity index (χ4n) is 2.57. The molecule has 0 bridgehead atoms. The predicted molar refractivity (Wildman–Crippen MR) is 73.6 cm³/mol. The van der Waals surface area contributed by atoms with Gasteiger partial charge in [0.15, 0.2) is 13.1 Å². The summed E-state index contributed by atoms with van der Waals surface area (Å²) in [6, 6.07) is 0. The maximum absolute atomic E-state index is 11.4. The van der Waals surface area contributed by atoms with Crippen molar-refractivity contribution in [3.63, 3.8) is 0 Å². The van der Waals surface area contributed by atoms with E-state index in [4.69, 9.17) is 14.2 Å². The van der Waals surface area contributed by atoms with Crippen LogP contribution in [0, 0.1) is 13.8 Å². The molecule has 1 unspecified atom stereocenters. The lowest BCUT2D eigenvalue weighted by Crippen LogP contribution is -2.34. The molecule has 110 valence electrons. The number of ether oxygens (including phenoxy) is 3. The Morgan fingerprint density at radius 2 is 2.10 bits per heavy atom. The third-order valence-corrected chi connectivity index (χ3v) is 3.73. The quantitative estimate of drug-likeness (QED) is 0.658. The second kappa shape index (κ2) is 5.42. The molecule has 0 radical (unpaired) electrons. The average Bonchev–Trinajstić information content (AvgIpc) is 2.80. The van der Waals surface area contributed by atoms with Gasteiger partial charge in [0.05, 0.1) is 12.2 Å². The molecule has 1 aromatic carbocycles. The number of aliphatic hydroxyl groups is 1. The van der Waals surface area contributed by atoms with Crippen molar-refractivity contribution >= 4 is 6.29 Å². The lowest BCUT2D eigenvalue weighted by Gasteiger charge is -2.21. The lowest BCUT2D eigenvalue weighted by molar-refractivity contribution is 0.0440. The standard InChI is InChI=1S/C15H20O5/c1-9-11-5-15(3,7-17)20-14(11)10(2)12(6-16)13(9)19-8-18-4/h6,17H,5,7-8H2,1-4H3. The van der Waals surface area contributed by atoms with Gasteiger partial charge >= 0.3 is 0 Å². The van der Waals surface area contributed by atoms with E-state index in [-0.39, 0.29) is 13.4 Å². The fourth-order valence-corrected chi connectivity index (χ4v) is 2.57. The Hall–Kier alpha value is -1.59. The molecule has 0 aliphatic carbocycles. The Kier molecular flexibility index (Phi) is 4.01. The molecule has 1 aromatic rings. The van der Waals surface area contributed by atoms with Crippen LogP contribution in [0.15, 0.2) is 0 Å². The third kappa shape index (κ3) is 2.27. The van der Waals surface area contributed by atoms with E-state index in [0.717, 1.165) is 23.0 Å². The minimum Gasteiger partial charge on any atom is -0.484 e. The Morgan fingerprint density at radius 3 is 2.65 bits per heavy atom. The highest BCUT2D eigenvalue weighted by molar-refractivity contribution is 5.85. The highest BCUT2D eigenvalue weighted by Gasteiger charge is 2.38. The molecule has 1 atom stereocenters. The number of aldehydes is 1. The van der Waals surface area contributed by atoms with E-state index in [1.165, 1.54) is 7.11 Å². The van der Waals surface area contributed by atoms with Crippen molar-refractivity contribution in [2.45, 2.75) is 32.8 Å². The SMILES string of the molecule is COCOc1c(C)c2c(c(C)c1C=O)OC(C)(CO)C2. The molecule has 0 aromatic heterocycles. The maximum atomic E-state index is 11.4. The van der Waals surface area contributed by atoms with Gasteiger partial charge in [-0.25, -0.2) is 0 Å². The lowest BCUT2D eigenvalue weighted by atomic mass is 9.93. The van der Waals surface area contributed by atoms with Crippen LogP contribution in [-0.2, 0) is 11.2 Å². The fraction of sp³-hybridized carbons (Fsp3) is 0.533. The molecule has 0 fully saturated rings. The van der Waals surface area contributed by atoms with Crippen molar-refractivity contribution in [1.82, 2.24) is 0 Å². The van der Waals surface area contributed by atoms with Crippen LogP contribution in [0.2, 0.25) is 0 Å². The molecule has 1 N–H and O–H groups in total. The molecule has 0 saturated heterocycles. The Labute approximate surface area is 118 Å². The molecule has 5 heteroatoms. The van der Waals surface area contributed by atoms with Crippen LogP contribution in [0.1, 0.15) is 34.0 Å². The first-order valence-electron chi connectivity index (χ1n) is 6.50. The zero-order valence-corrected chi connectivity index (χ0v) is 12.3. The molecule has 5 nitrogen and oxygen atoms in total. The number of rotatable bonds is 5. The largest absolute Gasteiger partial charge is 0.484 e. The number of hydrogen-bond acceptors (Lipinski definition) is 5. The maximum Gasteiger partial charge on any atom is 0.188 e. The van der Waals surface area contributed by atoms with Gasteiger partial charge in [-0.1, -0.05) is 0 Å². The summed E-state index contributed by atoms with van der Waals surface area (Å²) < 4.78 is 16.3. The number of hydrogen-bond donors (Lipinski definition) is 1. The summed E-state index contributed by atoms with van der Waals surface area (Å²) in [4.78, 5) is 11.4. The van der Waals surface area contributed by atoms with E-state index in [9.17, 15) is 9.90 Å². The van der Waals surface area contributed by atoms with E-state index in [2.05, 4.69) is 0 Å². The second-order valence-electron chi connectivity index (χ2n) is 5.36. The van der Waals surface area contributed by atoms with Gasteiger partial charge < -0.3 is 19.3 Å². The summed E-state index contributed by atoms with van der Waals surface area (Å²) in [5.41, 5.74) is 2.42. The summed E-state index contributed by atoms with van der Waals surface area (Å²) in [5, 5.41) is 9.47. The van der Waals surface area contributed by atoms with Gasteiger partial charge in [-0.05, 0) is 26.3 Å². The smallest absolute Gasteiger partial charge is 0.188 e. The molecular weight excluding hydrogens is 260 g/mol. The molecular formula is C15H20O5. The first-order valence-corrected chi connectivity index (χ1v) is 6.50. The minimum absolute atomic E-state index is 0.0781. The Balaban J connectivity index is 2.56. The normalized spacial score (nSPS) is 20.4. The Bertz CT molecular complexity index is 538. The van der Waals surface area contributed by atoms with Crippen LogP contribution in [-0.4, -0.2) is 37.5 Å². The first-order chi connectivity index (χ1) is 9.47. The second-order valence-corrected chi connectivity index (χ2v) is 5.36. The van der Waals surface area contributed by atoms with Gasteiger partial charge in [0, 0.05) is 24.7 Å². The minimum atomic E-state index is -0.641. The number of aliphatic hydroxyl groups excluding tert-OH is 1. The first kappa shape index (κ1) is 14.8. The highest BCUT2D eigenvalue weighted by atomic mass is 16.7. The van der Waals surface area contributed by atoms with Crippen molar-refractivity contribution < 1.29 is 24.1 Å². The molecule has 1 heterocycles.